The van der Waals surface area contributed by atoms with Crippen molar-refractivity contribution in [2.75, 3.05) is 19.1 Å². The van der Waals surface area contributed by atoms with Gasteiger partial charge in [-0.2, -0.15) is 0 Å². The first-order valence-corrected chi connectivity index (χ1v) is 5.85. The number of carbonyl (C=O) groups is 2. The zero-order chi connectivity index (χ0) is 11.1. The van der Waals surface area contributed by atoms with Crippen LogP contribution in [0.4, 0.5) is 0 Å². The SMILES string of the molecule is COC(=O)C(CCS(C)=O)NC(C)=O. The molecule has 0 bridgehead atoms. The number of ether oxygens (including phenoxy) is 1. The van der Waals surface area contributed by atoms with Gasteiger partial charge < -0.3 is 10.1 Å². The van der Waals surface area contributed by atoms with Crippen LogP contribution in [0.5, 0.6) is 0 Å². The molecule has 5 nitrogen and oxygen atoms in total. The molecule has 1 N–H and O–H groups in total. The van der Waals surface area contributed by atoms with Crippen LogP contribution < -0.4 is 5.32 Å². The van der Waals surface area contributed by atoms with Gasteiger partial charge in [0.15, 0.2) is 0 Å². The van der Waals surface area contributed by atoms with Crippen LogP contribution in [0.1, 0.15) is 13.3 Å². The highest BCUT2D eigenvalue weighted by Gasteiger charge is 2.19. The molecule has 0 spiro atoms. The largest absolute Gasteiger partial charge is 0.467 e. The third-order valence-corrected chi connectivity index (χ3v) is 2.37. The molecular formula is C8H15NO4S. The molecule has 0 radical (unpaired) electrons. The minimum Gasteiger partial charge on any atom is -0.467 e. The summed E-state index contributed by atoms with van der Waals surface area (Å²) in [6, 6.07) is -0.693. The maximum absolute atomic E-state index is 11.1. The average Bonchev–Trinajstić information content (AvgIpc) is 2.10. The lowest BCUT2D eigenvalue weighted by molar-refractivity contribution is -0.144. The second kappa shape index (κ2) is 6.53. The Bertz CT molecular complexity index is 241. The van der Waals surface area contributed by atoms with Crippen LogP contribution in [0.25, 0.3) is 0 Å². The normalized spacial score (nSPS) is 14.2. The topological polar surface area (TPSA) is 72.5 Å². The number of hydrogen-bond donors (Lipinski definition) is 1. The second-order valence-corrected chi connectivity index (χ2v) is 4.40. The van der Waals surface area contributed by atoms with Crippen molar-refractivity contribution in [1.29, 1.82) is 0 Å². The van der Waals surface area contributed by atoms with Crippen molar-refractivity contribution >= 4 is 22.7 Å². The molecule has 2 atom stereocenters. The Kier molecular flexibility index (Phi) is 6.11. The lowest BCUT2D eigenvalue weighted by atomic mass is 10.2. The molecule has 1 amide bonds. The molecule has 2 unspecified atom stereocenters. The lowest BCUT2D eigenvalue weighted by Crippen LogP contribution is -2.41. The van der Waals surface area contributed by atoms with Gasteiger partial charge in [-0.3, -0.25) is 9.00 Å². The van der Waals surface area contributed by atoms with Gasteiger partial charge in [0.05, 0.1) is 7.11 Å². The fraction of sp³-hybridized carbons (Fsp3) is 0.750. The van der Waals surface area contributed by atoms with Gasteiger partial charge >= 0.3 is 5.97 Å². The Morgan fingerprint density at radius 2 is 2.07 bits per heavy atom. The molecule has 0 aromatic carbocycles. The summed E-state index contributed by atoms with van der Waals surface area (Å²) in [6.07, 6.45) is 1.87. The molecule has 0 aliphatic carbocycles. The van der Waals surface area contributed by atoms with Crippen molar-refractivity contribution in [3.63, 3.8) is 0 Å². The molecule has 0 fully saturated rings. The molecule has 0 rings (SSSR count). The molecule has 0 saturated carbocycles. The summed E-state index contributed by atoms with van der Waals surface area (Å²) in [7, 11) is 0.271. The van der Waals surface area contributed by atoms with Crippen LogP contribution >= 0.6 is 0 Å². The molecule has 82 valence electrons. The number of esters is 1. The van der Waals surface area contributed by atoms with Crippen molar-refractivity contribution in [1.82, 2.24) is 5.32 Å². The van der Waals surface area contributed by atoms with Crippen molar-refractivity contribution in [2.24, 2.45) is 0 Å². The van der Waals surface area contributed by atoms with Gasteiger partial charge in [0.1, 0.15) is 6.04 Å². The molecule has 6 heteroatoms. The Balaban J connectivity index is 4.17. The quantitative estimate of drug-likeness (QED) is 0.631. The van der Waals surface area contributed by atoms with Crippen molar-refractivity contribution < 1.29 is 18.5 Å². The van der Waals surface area contributed by atoms with Crippen molar-refractivity contribution in [2.45, 2.75) is 19.4 Å². The van der Waals surface area contributed by atoms with E-state index in [0.29, 0.717) is 12.2 Å². The summed E-state index contributed by atoms with van der Waals surface area (Å²) in [5.74, 6) is -0.451. The monoisotopic (exact) mass is 221 g/mol. The van der Waals surface area contributed by atoms with E-state index in [2.05, 4.69) is 10.1 Å². The van der Waals surface area contributed by atoms with Gasteiger partial charge in [0.25, 0.3) is 0 Å². The summed E-state index contributed by atoms with van der Waals surface area (Å²) in [4.78, 5) is 21.8. The zero-order valence-corrected chi connectivity index (χ0v) is 9.35. The number of methoxy groups -OCH3 is 1. The predicted molar refractivity (Wildman–Crippen MR) is 53.2 cm³/mol. The predicted octanol–water partition coefficient (Wildman–Crippen LogP) is -0.567. The van der Waals surface area contributed by atoms with Crippen molar-refractivity contribution in [3.05, 3.63) is 0 Å². The molecule has 0 aliphatic rings. The van der Waals surface area contributed by atoms with E-state index in [4.69, 9.17) is 0 Å². The van der Waals surface area contributed by atoms with E-state index in [9.17, 15) is 13.8 Å². The lowest BCUT2D eigenvalue weighted by Gasteiger charge is -2.14. The summed E-state index contributed by atoms with van der Waals surface area (Å²) in [5.41, 5.74) is 0. The van der Waals surface area contributed by atoms with Crippen LogP contribution in [0.2, 0.25) is 0 Å². The number of hydrogen-bond acceptors (Lipinski definition) is 4. The van der Waals surface area contributed by atoms with Gasteiger partial charge in [-0.15, -0.1) is 0 Å². The van der Waals surface area contributed by atoms with E-state index in [0.717, 1.165) is 0 Å². The molecule has 14 heavy (non-hydrogen) atoms. The van der Waals surface area contributed by atoms with E-state index < -0.39 is 22.8 Å². The molecule has 0 aliphatic heterocycles. The molecule has 0 heterocycles. The first kappa shape index (κ1) is 13.1. The van der Waals surface area contributed by atoms with Crippen LogP contribution in [0, 0.1) is 0 Å². The zero-order valence-electron chi connectivity index (χ0n) is 8.53. The Hall–Kier alpha value is -0.910. The van der Waals surface area contributed by atoms with Gasteiger partial charge in [-0.05, 0) is 6.42 Å². The van der Waals surface area contributed by atoms with Gasteiger partial charge in [-0.1, -0.05) is 0 Å². The number of rotatable bonds is 5. The van der Waals surface area contributed by atoms with Crippen molar-refractivity contribution in [3.8, 4) is 0 Å². The molecular weight excluding hydrogens is 206 g/mol. The molecule has 0 aromatic rings. The Labute approximate surface area is 85.7 Å². The number of nitrogens with one attached hydrogen (secondary N) is 1. The van der Waals surface area contributed by atoms with Crippen LogP contribution in [0.15, 0.2) is 0 Å². The first-order valence-electron chi connectivity index (χ1n) is 4.12. The summed E-state index contributed by atoms with van der Waals surface area (Å²) < 4.78 is 15.3. The highest BCUT2D eigenvalue weighted by atomic mass is 32.2. The average molecular weight is 221 g/mol. The van der Waals surface area contributed by atoms with E-state index in [1.54, 1.807) is 6.26 Å². The van der Waals surface area contributed by atoms with Gasteiger partial charge in [0.2, 0.25) is 5.91 Å². The minimum absolute atomic E-state index is 0.303. The standard InChI is InChI=1S/C8H15NO4S/c1-6(10)9-7(8(11)13-2)4-5-14(3)12/h7H,4-5H2,1-3H3,(H,9,10). The minimum atomic E-state index is -0.979. The Morgan fingerprint density at radius 3 is 2.43 bits per heavy atom. The smallest absolute Gasteiger partial charge is 0.328 e. The molecule has 0 aromatic heterocycles. The third kappa shape index (κ3) is 5.69. The third-order valence-electron chi connectivity index (χ3n) is 1.56. The maximum Gasteiger partial charge on any atom is 0.328 e. The van der Waals surface area contributed by atoms with Crippen LogP contribution in [-0.2, 0) is 25.1 Å². The van der Waals surface area contributed by atoms with E-state index in [1.165, 1.54) is 14.0 Å². The Morgan fingerprint density at radius 1 is 1.50 bits per heavy atom. The second-order valence-electron chi connectivity index (χ2n) is 2.84. The number of carbonyl (C=O) groups excluding carboxylic acids is 2. The van der Waals surface area contributed by atoms with E-state index in [1.807, 2.05) is 0 Å². The van der Waals surface area contributed by atoms with Crippen LogP contribution in [0.3, 0.4) is 0 Å². The van der Waals surface area contributed by atoms with E-state index in [-0.39, 0.29) is 5.91 Å². The van der Waals surface area contributed by atoms with Crippen LogP contribution in [-0.4, -0.2) is 41.2 Å². The summed E-state index contributed by atoms with van der Waals surface area (Å²) in [5, 5.41) is 2.44. The van der Waals surface area contributed by atoms with Gasteiger partial charge in [0, 0.05) is 29.7 Å². The highest BCUT2D eigenvalue weighted by molar-refractivity contribution is 7.84. The fourth-order valence-corrected chi connectivity index (χ4v) is 1.49. The fourth-order valence-electron chi connectivity index (χ4n) is 0.920. The molecule has 0 saturated heterocycles. The summed E-state index contributed by atoms with van der Waals surface area (Å²) >= 11 is 0. The summed E-state index contributed by atoms with van der Waals surface area (Å²) in [6.45, 7) is 1.32. The van der Waals surface area contributed by atoms with E-state index >= 15 is 0 Å². The number of amides is 1. The first-order chi connectivity index (χ1) is 6.47. The van der Waals surface area contributed by atoms with Gasteiger partial charge in [-0.25, -0.2) is 4.79 Å². The highest BCUT2D eigenvalue weighted by Crippen LogP contribution is 1.96. The maximum atomic E-state index is 11.1.